The molecule has 7 heteroatoms. The molecular formula is C15H14N4OS2. The molecule has 1 saturated heterocycles. The van der Waals surface area contributed by atoms with Gasteiger partial charge in [-0.1, -0.05) is 6.07 Å². The van der Waals surface area contributed by atoms with Crippen molar-refractivity contribution in [3.63, 3.8) is 0 Å². The molecule has 3 aromatic heterocycles. The number of hydrogen-bond acceptors (Lipinski definition) is 7. The molecule has 5 nitrogen and oxygen atoms in total. The maximum Gasteiger partial charge on any atom is 0.226 e. The first kappa shape index (κ1) is 13.8. The molecule has 4 rings (SSSR count). The number of hydrogen-bond donors (Lipinski definition) is 1. The predicted octanol–water partition coefficient (Wildman–Crippen LogP) is 2.39. The van der Waals surface area contributed by atoms with Gasteiger partial charge in [-0.15, -0.1) is 22.7 Å². The van der Waals surface area contributed by atoms with Crippen molar-refractivity contribution in [1.29, 1.82) is 0 Å². The first-order chi connectivity index (χ1) is 10.8. The van der Waals surface area contributed by atoms with E-state index in [1.54, 1.807) is 0 Å². The zero-order chi connectivity index (χ0) is 14.9. The van der Waals surface area contributed by atoms with Crippen molar-refractivity contribution < 1.29 is 4.79 Å². The Morgan fingerprint density at radius 3 is 2.77 bits per heavy atom. The second-order valence-electron chi connectivity index (χ2n) is 5.05. The van der Waals surface area contributed by atoms with Crippen molar-refractivity contribution >= 4 is 44.6 Å². The molecule has 0 amide bonds. The molecule has 0 spiro atoms. The van der Waals surface area contributed by atoms with Crippen LogP contribution < -0.4 is 10.2 Å². The van der Waals surface area contributed by atoms with Crippen LogP contribution >= 0.6 is 22.7 Å². The van der Waals surface area contributed by atoms with Gasteiger partial charge in [0, 0.05) is 26.2 Å². The Balaban J connectivity index is 1.82. The lowest BCUT2D eigenvalue weighted by atomic mass is 10.2. The highest BCUT2D eigenvalue weighted by Crippen LogP contribution is 2.27. The number of ketones is 1. The normalized spacial score (nSPS) is 15.4. The Bertz CT molecular complexity index is 806. The molecule has 0 saturated carbocycles. The minimum atomic E-state index is -0.0127. The van der Waals surface area contributed by atoms with Gasteiger partial charge in [0.15, 0.2) is 0 Å². The van der Waals surface area contributed by atoms with E-state index in [1.165, 1.54) is 22.7 Å². The summed E-state index contributed by atoms with van der Waals surface area (Å²) < 4.78 is 0.872. The van der Waals surface area contributed by atoms with Gasteiger partial charge in [0.2, 0.25) is 11.7 Å². The molecule has 1 aliphatic heterocycles. The summed E-state index contributed by atoms with van der Waals surface area (Å²) >= 11 is 2.97. The highest BCUT2D eigenvalue weighted by atomic mass is 32.1. The number of carbonyl (C=O) groups is 1. The van der Waals surface area contributed by atoms with Crippen LogP contribution in [0.5, 0.6) is 0 Å². The van der Waals surface area contributed by atoms with E-state index in [4.69, 9.17) is 0 Å². The zero-order valence-corrected chi connectivity index (χ0v) is 13.4. The summed E-state index contributed by atoms with van der Waals surface area (Å²) in [7, 11) is 0. The third-order valence-electron chi connectivity index (χ3n) is 3.65. The third kappa shape index (κ3) is 2.41. The summed E-state index contributed by atoms with van der Waals surface area (Å²) in [5.41, 5.74) is 1.38. The largest absolute Gasteiger partial charge is 0.338 e. The van der Waals surface area contributed by atoms with Gasteiger partial charge in [-0.2, -0.15) is 0 Å². The van der Waals surface area contributed by atoms with Crippen LogP contribution in [0.2, 0.25) is 0 Å². The second-order valence-corrected chi connectivity index (χ2v) is 6.91. The molecule has 0 atom stereocenters. The van der Waals surface area contributed by atoms with Gasteiger partial charge in [-0.3, -0.25) is 4.79 Å². The van der Waals surface area contributed by atoms with Gasteiger partial charge in [0.05, 0.1) is 15.1 Å². The number of rotatable bonds is 3. The Hall–Kier alpha value is -1.83. The van der Waals surface area contributed by atoms with Crippen LogP contribution in [0, 0.1) is 0 Å². The number of piperazine rings is 1. The van der Waals surface area contributed by atoms with Crippen molar-refractivity contribution in [2.75, 3.05) is 31.1 Å². The maximum absolute atomic E-state index is 12.8. The topological polar surface area (TPSA) is 58.1 Å². The van der Waals surface area contributed by atoms with E-state index in [1.807, 2.05) is 29.0 Å². The van der Waals surface area contributed by atoms with Gasteiger partial charge in [0.25, 0.3) is 0 Å². The van der Waals surface area contributed by atoms with E-state index in [-0.39, 0.29) is 5.78 Å². The lowest BCUT2D eigenvalue weighted by Gasteiger charge is -2.27. The Morgan fingerprint density at radius 2 is 2.00 bits per heavy atom. The lowest BCUT2D eigenvalue weighted by molar-refractivity contribution is 0.103. The van der Waals surface area contributed by atoms with Crippen LogP contribution in [0.1, 0.15) is 15.4 Å². The SMILES string of the molecule is O=C(c1cccs1)c1nc(N2CCNCC2)nc2ccsc12. The molecule has 3 aromatic rings. The van der Waals surface area contributed by atoms with E-state index < -0.39 is 0 Å². The number of fused-ring (bicyclic) bond motifs is 1. The molecular weight excluding hydrogens is 316 g/mol. The van der Waals surface area contributed by atoms with E-state index in [2.05, 4.69) is 20.2 Å². The Kier molecular flexibility index (Phi) is 3.61. The van der Waals surface area contributed by atoms with Gasteiger partial charge in [0.1, 0.15) is 5.69 Å². The average molecular weight is 330 g/mol. The molecule has 0 aliphatic carbocycles. The highest BCUT2D eigenvalue weighted by molar-refractivity contribution is 7.17. The first-order valence-corrected chi connectivity index (χ1v) is 8.88. The minimum absolute atomic E-state index is 0.0127. The fraction of sp³-hybridized carbons (Fsp3) is 0.267. The predicted molar refractivity (Wildman–Crippen MR) is 90.2 cm³/mol. The van der Waals surface area contributed by atoms with Crippen LogP contribution in [0.25, 0.3) is 10.2 Å². The Labute approximate surface area is 135 Å². The van der Waals surface area contributed by atoms with Crippen LogP contribution in [0.4, 0.5) is 5.95 Å². The number of thiophene rings is 2. The third-order valence-corrected chi connectivity index (χ3v) is 5.43. The number of aromatic nitrogens is 2. The van der Waals surface area contributed by atoms with Crippen molar-refractivity contribution in [2.24, 2.45) is 0 Å². The Morgan fingerprint density at radius 1 is 1.14 bits per heavy atom. The molecule has 1 N–H and O–H groups in total. The van der Waals surface area contributed by atoms with E-state index in [0.717, 1.165) is 41.3 Å². The van der Waals surface area contributed by atoms with Crippen LogP contribution in [0.15, 0.2) is 29.0 Å². The van der Waals surface area contributed by atoms with Gasteiger partial charge < -0.3 is 10.2 Å². The van der Waals surface area contributed by atoms with Crippen LogP contribution in [0.3, 0.4) is 0 Å². The quantitative estimate of drug-likeness (QED) is 0.747. The van der Waals surface area contributed by atoms with Gasteiger partial charge >= 0.3 is 0 Å². The van der Waals surface area contributed by atoms with E-state index >= 15 is 0 Å². The van der Waals surface area contributed by atoms with Crippen LogP contribution in [-0.2, 0) is 0 Å². The molecule has 0 unspecified atom stereocenters. The number of nitrogens with zero attached hydrogens (tertiary/aromatic N) is 3. The van der Waals surface area contributed by atoms with Crippen LogP contribution in [-0.4, -0.2) is 41.9 Å². The monoisotopic (exact) mass is 330 g/mol. The summed E-state index contributed by atoms with van der Waals surface area (Å²) in [6.07, 6.45) is 0. The molecule has 0 aromatic carbocycles. The number of nitrogens with one attached hydrogen (secondary N) is 1. The zero-order valence-electron chi connectivity index (χ0n) is 11.8. The molecule has 1 fully saturated rings. The van der Waals surface area contributed by atoms with Gasteiger partial charge in [-0.05, 0) is 22.9 Å². The number of carbonyl (C=O) groups excluding carboxylic acids is 1. The molecule has 112 valence electrons. The van der Waals surface area contributed by atoms with Crippen molar-refractivity contribution in [3.05, 3.63) is 39.5 Å². The minimum Gasteiger partial charge on any atom is -0.338 e. The summed E-state index contributed by atoms with van der Waals surface area (Å²) in [4.78, 5) is 24.8. The van der Waals surface area contributed by atoms with Crippen molar-refractivity contribution in [3.8, 4) is 0 Å². The average Bonchev–Trinajstić information content (AvgIpc) is 3.25. The molecule has 1 aliphatic rings. The first-order valence-electron chi connectivity index (χ1n) is 7.12. The summed E-state index contributed by atoms with van der Waals surface area (Å²) in [5.74, 6) is 0.647. The van der Waals surface area contributed by atoms with Crippen molar-refractivity contribution in [2.45, 2.75) is 0 Å². The fourth-order valence-electron chi connectivity index (χ4n) is 2.54. The van der Waals surface area contributed by atoms with Gasteiger partial charge in [-0.25, -0.2) is 9.97 Å². The smallest absolute Gasteiger partial charge is 0.226 e. The summed E-state index contributed by atoms with van der Waals surface area (Å²) in [5, 5.41) is 7.19. The van der Waals surface area contributed by atoms with E-state index in [0.29, 0.717) is 11.6 Å². The summed E-state index contributed by atoms with van der Waals surface area (Å²) in [6, 6.07) is 5.69. The molecule has 0 bridgehead atoms. The second kappa shape index (κ2) is 5.75. The van der Waals surface area contributed by atoms with Crippen molar-refractivity contribution in [1.82, 2.24) is 15.3 Å². The standard InChI is InChI=1S/C15H14N4OS2/c20-13(11-2-1-8-21-11)12-14-10(3-9-22-14)17-15(18-12)19-6-4-16-5-7-19/h1-3,8-9,16H,4-7H2. The molecule has 0 radical (unpaired) electrons. The molecule has 4 heterocycles. The molecule has 22 heavy (non-hydrogen) atoms. The highest BCUT2D eigenvalue weighted by Gasteiger charge is 2.21. The number of anilines is 1. The fourth-order valence-corrected chi connectivity index (χ4v) is 4.02. The lowest BCUT2D eigenvalue weighted by Crippen LogP contribution is -2.44. The summed E-state index contributed by atoms with van der Waals surface area (Å²) in [6.45, 7) is 3.56. The van der Waals surface area contributed by atoms with E-state index in [9.17, 15) is 4.79 Å². The maximum atomic E-state index is 12.8.